The fourth-order valence-corrected chi connectivity index (χ4v) is 4.21. The molecule has 3 aliphatic heterocycles. The van der Waals surface area contributed by atoms with Crippen molar-refractivity contribution in [1.29, 1.82) is 0 Å². The summed E-state index contributed by atoms with van der Waals surface area (Å²) in [7, 11) is 1.62. The van der Waals surface area contributed by atoms with Gasteiger partial charge in [-0.15, -0.1) is 0 Å². The molecule has 3 atom stereocenters. The third kappa shape index (κ3) is 3.27. The maximum Gasteiger partial charge on any atom is 0.248 e. The zero-order valence-corrected chi connectivity index (χ0v) is 13.3. The molecule has 3 heterocycles. The van der Waals surface area contributed by atoms with Crippen LogP contribution in [0.1, 0.15) is 25.7 Å². The van der Waals surface area contributed by atoms with E-state index in [0.717, 1.165) is 38.9 Å². The molecule has 0 N–H and O–H groups in total. The van der Waals surface area contributed by atoms with Crippen LogP contribution in [0, 0.1) is 11.8 Å². The van der Waals surface area contributed by atoms with Gasteiger partial charge in [-0.2, -0.15) is 0 Å². The molecule has 2 bridgehead atoms. The van der Waals surface area contributed by atoms with Crippen molar-refractivity contribution in [2.45, 2.75) is 31.7 Å². The Bertz CT molecular complexity index is 428. The molecule has 3 aliphatic rings. The molecule has 0 aromatic carbocycles. The van der Waals surface area contributed by atoms with E-state index in [2.05, 4.69) is 4.90 Å². The van der Waals surface area contributed by atoms with Crippen LogP contribution in [0.4, 0.5) is 0 Å². The lowest BCUT2D eigenvalue weighted by atomic mass is 9.76. The lowest BCUT2D eigenvalue weighted by Crippen LogP contribution is -2.61. The molecular formula is C16H26N2O4. The molecule has 0 unspecified atom stereocenters. The van der Waals surface area contributed by atoms with Gasteiger partial charge in [0.1, 0.15) is 6.61 Å². The number of likely N-dealkylation sites (tertiary alicyclic amines) is 1. The molecule has 6 heteroatoms. The molecule has 0 aromatic heterocycles. The first-order valence-electron chi connectivity index (χ1n) is 8.33. The zero-order valence-electron chi connectivity index (χ0n) is 13.3. The second-order valence-electron chi connectivity index (χ2n) is 6.71. The Hall–Kier alpha value is -1.14. The smallest absolute Gasteiger partial charge is 0.248 e. The number of rotatable bonds is 5. The van der Waals surface area contributed by atoms with E-state index in [1.807, 2.05) is 4.90 Å². The van der Waals surface area contributed by atoms with Gasteiger partial charge >= 0.3 is 0 Å². The highest BCUT2D eigenvalue weighted by atomic mass is 16.5. The lowest BCUT2D eigenvalue weighted by Gasteiger charge is -2.52. The van der Waals surface area contributed by atoms with Gasteiger partial charge in [0.05, 0.1) is 13.2 Å². The van der Waals surface area contributed by atoms with Gasteiger partial charge in [-0.1, -0.05) is 0 Å². The van der Waals surface area contributed by atoms with Crippen molar-refractivity contribution in [2.75, 3.05) is 46.6 Å². The number of fused-ring (bicyclic) bond motifs is 4. The number of amides is 2. The highest BCUT2D eigenvalue weighted by Crippen LogP contribution is 2.37. The molecule has 0 radical (unpaired) electrons. The van der Waals surface area contributed by atoms with Crippen molar-refractivity contribution in [1.82, 2.24) is 9.80 Å². The molecule has 0 aromatic rings. The van der Waals surface area contributed by atoms with Crippen molar-refractivity contribution in [3.8, 4) is 0 Å². The molecule has 0 aliphatic carbocycles. The third-order valence-electron chi connectivity index (χ3n) is 5.19. The normalized spacial score (nSPS) is 31.1. The predicted octanol–water partition coefficient (Wildman–Crippen LogP) is 0.509. The van der Waals surface area contributed by atoms with Crippen LogP contribution in [-0.2, 0) is 19.1 Å². The first kappa shape index (κ1) is 15.7. The summed E-state index contributed by atoms with van der Waals surface area (Å²) in [6.45, 7) is 3.47. The Morgan fingerprint density at radius 1 is 1.27 bits per heavy atom. The Balaban J connectivity index is 1.55. The summed E-state index contributed by atoms with van der Waals surface area (Å²) < 4.78 is 10.3. The number of methoxy groups -OCH3 is 1. The fraction of sp³-hybridized carbons (Fsp3) is 0.875. The van der Waals surface area contributed by atoms with Crippen molar-refractivity contribution in [2.24, 2.45) is 11.8 Å². The molecule has 3 rings (SSSR count). The van der Waals surface area contributed by atoms with Crippen LogP contribution < -0.4 is 0 Å². The van der Waals surface area contributed by atoms with Crippen molar-refractivity contribution in [3.05, 3.63) is 0 Å². The SMILES string of the molecule is COCCOCC(=O)N1C[C@H]2C[C@H](C1)[C@H]1CCCC(=O)N1C2. The monoisotopic (exact) mass is 310 g/mol. The largest absolute Gasteiger partial charge is 0.382 e. The van der Waals surface area contributed by atoms with Crippen molar-refractivity contribution in [3.63, 3.8) is 0 Å². The predicted molar refractivity (Wildman–Crippen MR) is 80.2 cm³/mol. The maximum absolute atomic E-state index is 12.3. The van der Waals surface area contributed by atoms with Crippen LogP contribution in [0.25, 0.3) is 0 Å². The summed E-state index contributed by atoms with van der Waals surface area (Å²) in [6, 6.07) is 0.350. The molecule has 6 nitrogen and oxygen atoms in total. The van der Waals surface area contributed by atoms with Crippen LogP contribution >= 0.6 is 0 Å². The zero-order chi connectivity index (χ0) is 15.5. The van der Waals surface area contributed by atoms with Crippen LogP contribution in [0.5, 0.6) is 0 Å². The molecule has 3 saturated heterocycles. The number of nitrogens with zero attached hydrogens (tertiary/aromatic N) is 2. The molecule has 0 saturated carbocycles. The lowest BCUT2D eigenvalue weighted by molar-refractivity contribution is -0.150. The number of ether oxygens (including phenoxy) is 2. The molecule has 22 heavy (non-hydrogen) atoms. The number of hydrogen-bond donors (Lipinski definition) is 0. The van der Waals surface area contributed by atoms with Gasteiger partial charge < -0.3 is 19.3 Å². The van der Waals surface area contributed by atoms with E-state index in [9.17, 15) is 9.59 Å². The van der Waals surface area contributed by atoms with Crippen molar-refractivity contribution >= 4 is 11.8 Å². The first-order chi connectivity index (χ1) is 10.7. The topological polar surface area (TPSA) is 59.1 Å². The molecule has 0 spiro atoms. The number of carbonyl (C=O) groups excluding carboxylic acids is 2. The number of carbonyl (C=O) groups is 2. The quantitative estimate of drug-likeness (QED) is 0.694. The molecular weight excluding hydrogens is 284 g/mol. The summed E-state index contributed by atoms with van der Waals surface area (Å²) >= 11 is 0. The van der Waals surface area contributed by atoms with Gasteiger partial charge in [0.2, 0.25) is 11.8 Å². The minimum atomic E-state index is 0.0707. The van der Waals surface area contributed by atoms with Gasteiger partial charge in [-0.3, -0.25) is 9.59 Å². The van der Waals surface area contributed by atoms with Crippen LogP contribution in [0.2, 0.25) is 0 Å². The van der Waals surface area contributed by atoms with Gasteiger partial charge in [-0.05, 0) is 31.1 Å². The van der Waals surface area contributed by atoms with E-state index in [1.54, 1.807) is 7.11 Å². The van der Waals surface area contributed by atoms with Gasteiger partial charge in [-0.25, -0.2) is 0 Å². The molecule has 124 valence electrons. The first-order valence-corrected chi connectivity index (χ1v) is 8.33. The number of piperidine rings is 3. The second kappa shape index (κ2) is 6.96. The average molecular weight is 310 g/mol. The van der Waals surface area contributed by atoms with E-state index in [0.29, 0.717) is 43.4 Å². The number of hydrogen-bond acceptors (Lipinski definition) is 4. The van der Waals surface area contributed by atoms with Crippen LogP contribution in [-0.4, -0.2) is 74.2 Å². The van der Waals surface area contributed by atoms with Crippen LogP contribution in [0.15, 0.2) is 0 Å². The Labute approximate surface area is 131 Å². The average Bonchev–Trinajstić information content (AvgIpc) is 2.52. The minimum absolute atomic E-state index is 0.0707. The highest BCUT2D eigenvalue weighted by molar-refractivity contribution is 5.78. The van der Waals surface area contributed by atoms with Gasteiger partial charge in [0.15, 0.2) is 0 Å². The Morgan fingerprint density at radius 3 is 2.95 bits per heavy atom. The molecule has 3 fully saturated rings. The van der Waals surface area contributed by atoms with E-state index >= 15 is 0 Å². The Morgan fingerprint density at radius 2 is 2.14 bits per heavy atom. The Kier molecular flexibility index (Phi) is 4.98. The summed E-state index contributed by atoms with van der Waals surface area (Å²) in [5.41, 5.74) is 0. The van der Waals surface area contributed by atoms with E-state index in [-0.39, 0.29) is 12.5 Å². The summed E-state index contributed by atoms with van der Waals surface area (Å²) in [6.07, 6.45) is 3.94. The van der Waals surface area contributed by atoms with E-state index in [4.69, 9.17) is 9.47 Å². The summed E-state index contributed by atoms with van der Waals surface area (Å²) in [5.74, 6) is 1.26. The highest BCUT2D eigenvalue weighted by Gasteiger charge is 2.44. The minimum Gasteiger partial charge on any atom is -0.382 e. The van der Waals surface area contributed by atoms with E-state index < -0.39 is 0 Å². The molecule has 2 amide bonds. The van der Waals surface area contributed by atoms with E-state index in [1.165, 1.54) is 0 Å². The standard InChI is InChI=1S/C16H26N2O4/c1-21-5-6-22-11-16(20)17-8-12-7-13(10-17)14-3-2-4-15(19)18(14)9-12/h12-14H,2-11H2,1H3/t12-,13-,14-/m1/s1. The maximum atomic E-state index is 12.3. The summed E-state index contributed by atoms with van der Waals surface area (Å²) in [4.78, 5) is 28.4. The third-order valence-corrected chi connectivity index (χ3v) is 5.19. The van der Waals surface area contributed by atoms with Gasteiger partial charge in [0, 0.05) is 39.2 Å². The van der Waals surface area contributed by atoms with Crippen LogP contribution in [0.3, 0.4) is 0 Å². The van der Waals surface area contributed by atoms with Gasteiger partial charge in [0.25, 0.3) is 0 Å². The second-order valence-corrected chi connectivity index (χ2v) is 6.71. The fourth-order valence-electron chi connectivity index (χ4n) is 4.21. The summed E-state index contributed by atoms with van der Waals surface area (Å²) in [5, 5.41) is 0. The van der Waals surface area contributed by atoms with Crippen molar-refractivity contribution < 1.29 is 19.1 Å².